The lowest BCUT2D eigenvalue weighted by molar-refractivity contribution is 0.0262. The first-order valence-corrected chi connectivity index (χ1v) is 8.31. The lowest BCUT2D eigenvalue weighted by atomic mass is 9.82. The minimum Gasteiger partial charge on any atom is -0.388 e. The van der Waals surface area contributed by atoms with Gasteiger partial charge in [0, 0.05) is 23.4 Å². The molecule has 1 heterocycles. The van der Waals surface area contributed by atoms with Crippen LogP contribution in [0.5, 0.6) is 0 Å². The van der Waals surface area contributed by atoms with Gasteiger partial charge in [-0.25, -0.2) is 0 Å². The molecule has 114 valence electrons. The predicted octanol–water partition coefficient (Wildman–Crippen LogP) is 3.98. The van der Waals surface area contributed by atoms with Crippen LogP contribution < -0.4 is 0 Å². The van der Waals surface area contributed by atoms with Crippen LogP contribution in [0.4, 0.5) is 0 Å². The fourth-order valence-corrected chi connectivity index (χ4v) is 3.40. The Morgan fingerprint density at radius 3 is 2.48 bits per heavy atom. The molecule has 2 rings (SSSR count). The third-order valence-electron chi connectivity index (χ3n) is 3.85. The number of hydrogen-bond donors (Lipinski definition) is 1. The van der Waals surface area contributed by atoms with Gasteiger partial charge in [0.05, 0.1) is 6.10 Å². The minimum atomic E-state index is -0.442. The Bertz CT molecular complexity index is 521. The lowest BCUT2D eigenvalue weighted by Gasteiger charge is -2.34. The van der Waals surface area contributed by atoms with Crippen molar-refractivity contribution in [1.82, 2.24) is 4.90 Å². The number of benzene rings is 1. The fraction of sp³-hybridized carbons (Fsp3) is 0.444. The van der Waals surface area contributed by atoms with Crippen molar-refractivity contribution in [3.8, 4) is 0 Å². The third kappa shape index (κ3) is 4.67. The summed E-state index contributed by atoms with van der Waals surface area (Å²) < 4.78 is 0. The van der Waals surface area contributed by atoms with E-state index in [1.165, 1.54) is 4.88 Å². The molecule has 21 heavy (non-hydrogen) atoms. The van der Waals surface area contributed by atoms with Crippen LogP contribution in [0.3, 0.4) is 0 Å². The highest BCUT2D eigenvalue weighted by Crippen LogP contribution is 2.33. The molecular formula is C18H25NOS. The Morgan fingerprint density at radius 2 is 1.86 bits per heavy atom. The van der Waals surface area contributed by atoms with E-state index < -0.39 is 6.10 Å². The molecule has 0 saturated heterocycles. The van der Waals surface area contributed by atoms with Crippen LogP contribution in [0, 0.1) is 5.41 Å². The van der Waals surface area contributed by atoms with Gasteiger partial charge in [-0.3, -0.25) is 0 Å². The van der Waals surface area contributed by atoms with E-state index in [0.717, 1.165) is 25.1 Å². The van der Waals surface area contributed by atoms with Gasteiger partial charge in [-0.2, -0.15) is 0 Å². The van der Waals surface area contributed by atoms with Crippen molar-refractivity contribution in [3.05, 3.63) is 58.3 Å². The van der Waals surface area contributed by atoms with E-state index in [9.17, 15) is 5.11 Å². The van der Waals surface area contributed by atoms with E-state index in [4.69, 9.17) is 0 Å². The van der Waals surface area contributed by atoms with Gasteiger partial charge in [0.25, 0.3) is 0 Å². The molecule has 1 unspecified atom stereocenters. The van der Waals surface area contributed by atoms with Gasteiger partial charge < -0.3 is 10.0 Å². The van der Waals surface area contributed by atoms with Crippen LogP contribution in [0.15, 0.2) is 47.8 Å². The number of aliphatic hydroxyl groups is 1. The maximum absolute atomic E-state index is 10.6. The van der Waals surface area contributed by atoms with Crippen molar-refractivity contribution in [1.29, 1.82) is 0 Å². The summed E-state index contributed by atoms with van der Waals surface area (Å²) in [6.07, 6.45) is 0.633. The van der Waals surface area contributed by atoms with Crippen molar-refractivity contribution in [2.24, 2.45) is 5.41 Å². The molecule has 0 amide bonds. The molecule has 1 aromatic carbocycles. The number of nitrogens with zero attached hydrogens (tertiary/aromatic N) is 1. The van der Waals surface area contributed by atoms with Crippen molar-refractivity contribution in [3.63, 3.8) is 0 Å². The number of hydrogen-bond acceptors (Lipinski definition) is 3. The Kier molecular flexibility index (Phi) is 5.57. The summed E-state index contributed by atoms with van der Waals surface area (Å²) in [5.41, 5.74) is 0.820. The smallest absolute Gasteiger partial charge is 0.0853 e. The molecule has 2 aromatic rings. The summed E-state index contributed by atoms with van der Waals surface area (Å²) in [5.74, 6) is 0. The summed E-state index contributed by atoms with van der Waals surface area (Å²) in [6.45, 7) is 6.15. The van der Waals surface area contributed by atoms with Crippen molar-refractivity contribution in [2.75, 3.05) is 20.1 Å². The summed E-state index contributed by atoms with van der Waals surface area (Å²) in [7, 11) is 2.13. The SMILES string of the molecule is CN(CCc1cccs1)CC(C)(C)C(O)c1ccccc1. The first-order chi connectivity index (χ1) is 9.99. The number of likely N-dealkylation sites (N-methyl/N-ethyl adjacent to an activating group) is 1. The predicted molar refractivity (Wildman–Crippen MR) is 90.7 cm³/mol. The summed E-state index contributed by atoms with van der Waals surface area (Å²) in [5, 5.41) is 12.7. The normalized spacial score (nSPS) is 13.6. The molecule has 0 spiro atoms. The van der Waals surface area contributed by atoms with Crippen molar-refractivity contribution >= 4 is 11.3 Å². The number of thiophene rings is 1. The van der Waals surface area contributed by atoms with E-state index in [0.29, 0.717) is 0 Å². The highest BCUT2D eigenvalue weighted by atomic mass is 32.1. The van der Waals surface area contributed by atoms with Gasteiger partial charge >= 0.3 is 0 Å². The summed E-state index contributed by atoms with van der Waals surface area (Å²) in [4.78, 5) is 3.73. The zero-order chi connectivity index (χ0) is 15.3. The van der Waals surface area contributed by atoms with Gasteiger partial charge in [-0.15, -0.1) is 11.3 Å². The molecular weight excluding hydrogens is 278 g/mol. The van der Waals surface area contributed by atoms with Gasteiger partial charge in [-0.05, 0) is 30.5 Å². The van der Waals surface area contributed by atoms with Crippen molar-refractivity contribution < 1.29 is 5.11 Å². The third-order valence-corrected chi connectivity index (χ3v) is 4.79. The average molecular weight is 303 g/mol. The van der Waals surface area contributed by atoms with Crippen molar-refractivity contribution in [2.45, 2.75) is 26.4 Å². The standard InChI is InChI=1S/C18H25NOS/c1-18(2,17(20)15-8-5-4-6-9-15)14-19(3)12-11-16-10-7-13-21-16/h4-10,13,17,20H,11-12,14H2,1-3H3. The topological polar surface area (TPSA) is 23.5 Å². The quantitative estimate of drug-likeness (QED) is 0.836. The van der Waals surface area contributed by atoms with E-state index in [2.05, 4.69) is 43.3 Å². The molecule has 0 radical (unpaired) electrons. The Morgan fingerprint density at radius 1 is 1.14 bits per heavy atom. The molecule has 0 aliphatic heterocycles. The maximum Gasteiger partial charge on any atom is 0.0853 e. The Labute approximate surface area is 132 Å². The van der Waals surface area contributed by atoms with E-state index in [1.807, 2.05) is 41.7 Å². The zero-order valence-corrected chi connectivity index (χ0v) is 13.9. The molecule has 0 fully saturated rings. The maximum atomic E-state index is 10.6. The minimum absolute atomic E-state index is 0.175. The van der Waals surface area contributed by atoms with E-state index in [-0.39, 0.29) is 5.41 Å². The number of rotatable bonds is 7. The molecule has 0 saturated carbocycles. The Balaban J connectivity index is 1.90. The summed E-state index contributed by atoms with van der Waals surface area (Å²) in [6, 6.07) is 14.2. The monoisotopic (exact) mass is 303 g/mol. The van der Waals surface area contributed by atoms with Gasteiger partial charge in [0.2, 0.25) is 0 Å². The largest absolute Gasteiger partial charge is 0.388 e. The second kappa shape index (κ2) is 7.21. The molecule has 1 N–H and O–H groups in total. The van der Waals surface area contributed by atoms with Gasteiger partial charge in [0.1, 0.15) is 0 Å². The van der Waals surface area contributed by atoms with Crippen LogP contribution in [-0.2, 0) is 6.42 Å². The molecule has 0 bridgehead atoms. The molecule has 3 heteroatoms. The van der Waals surface area contributed by atoms with Gasteiger partial charge in [-0.1, -0.05) is 50.2 Å². The average Bonchev–Trinajstić information content (AvgIpc) is 2.98. The van der Waals surface area contributed by atoms with Crippen LogP contribution in [0.2, 0.25) is 0 Å². The van der Waals surface area contributed by atoms with Crippen LogP contribution >= 0.6 is 11.3 Å². The highest BCUT2D eigenvalue weighted by molar-refractivity contribution is 7.09. The highest BCUT2D eigenvalue weighted by Gasteiger charge is 2.30. The molecule has 0 aliphatic rings. The fourth-order valence-electron chi connectivity index (χ4n) is 2.70. The number of aliphatic hydroxyl groups excluding tert-OH is 1. The summed E-state index contributed by atoms with van der Waals surface area (Å²) >= 11 is 1.81. The first-order valence-electron chi connectivity index (χ1n) is 7.43. The molecule has 1 aromatic heterocycles. The first kappa shape index (κ1) is 16.2. The van der Waals surface area contributed by atoms with Crippen LogP contribution in [0.1, 0.15) is 30.4 Å². The second-order valence-electron chi connectivity index (χ2n) is 6.37. The molecule has 0 aliphatic carbocycles. The van der Waals surface area contributed by atoms with Crippen LogP contribution in [-0.4, -0.2) is 30.1 Å². The molecule has 1 atom stereocenters. The lowest BCUT2D eigenvalue weighted by Crippen LogP contribution is -2.36. The van der Waals surface area contributed by atoms with E-state index in [1.54, 1.807) is 0 Å². The van der Waals surface area contributed by atoms with Gasteiger partial charge in [0.15, 0.2) is 0 Å². The second-order valence-corrected chi connectivity index (χ2v) is 7.40. The van der Waals surface area contributed by atoms with E-state index >= 15 is 0 Å². The molecule has 2 nitrogen and oxygen atoms in total. The zero-order valence-electron chi connectivity index (χ0n) is 13.1. The van der Waals surface area contributed by atoms with Crippen LogP contribution in [0.25, 0.3) is 0 Å². The Hall–Kier alpha value is -1.16.